The van der Waals surface area contributed by atoms with Crippen LogP contribution < -0.4 is 63.9 Å². The van der Waals surface area contributed by atoms with E-state index in [1.165, 1.54) is 262 Å². The summed E-state index contributed by atoms with van der Waals surface area (Å²) < 4.78 is 0. The van der Waals surface area contributed by atoms with Crippen molar-refractivity contribution in [3.63, 3.8) is 0 Å². The first kappa shape index (κ1) is 92.5. The van der Waals surface area contributed by atoms with Gasteiger partial charge in [0.2, 0.25) is 20.1 Å². The van der Waals surface area contributed by atoms with Crippen LogP contribution in [0.25, 0.3) is 129 Å². The molecule has 708 valence electrons. The van der Waals surface area contributed by atoms with E-state index in [2.05, 4.69) is 551 Å². The summed E-state index contributed by atoms with van der Waals surface area (Å²) in [7, 11) is 0. The standard InChI is InChI=1S/C55H52BN.C44H30BN.C43H29BN2/c1-31-16-21-47(35(5)24-31)56(53-36(6)25-32(2)26-37(53)7)48-22-20-45-43-14-12-13-15-44(43)52-49(23-18-42-17-19-46(48)51(45)50(42)52)57(54-38(8)27-33(3)28-39(54)9)55-40(10)29-34(4)30-41(55)11;1-5-15-32(16-6-1)45(33-17-7-2-8-18-33)40-29-28-38-36-23-13-14-24-37(36)44-41(30-26-31-25-27-39(40)43(38)42(31)44)46(34-19-9-3-10-20-34)35-21-11-4-12-22-35;1-4-13-31(14-5-1)44(32-15-6-2-7-16-32)39-26-25-37-35-20-10-11-21-36(35)43-40(27-23-30-22-24-38(39)42(37)41(30)43)46(33-17-8-3-9-18-33)34-19-12-28-45-29-34/h12-30H,1-11H3;1-30H;1-29H. The van der Waals surface area contributed by atoms with E-state index >= 15 is 0 Å². The molecule has 0 fully saturated rings. The quantitative estimate of drug-likeness (QED) is 0.0485. The molecule has 0 atom stereocenters. The minimum atomic E-state index is 0.0775. The molecule has 4 nitrogen and oxygen atoms in total. The highest BCUT2D eigenvalue weighted by Gasteiger charge is 2.35. The van der Waals surface area contributed by atoms with Crippen LogP contribution in [0.15, 0.2) is 473 Å². The average molecular weight is 1910 g/mol. The van der Waals surface area contributed by atoms with Gasteiger partial charge in [-0.3, -0.25) is 4.98 Å². The third-order valence-corrected chi connectivity index (χ3v) is 31.6. The smallest absolute Gasteiger partial charge is 0.243 e. The van der Waals surface area contributed by atoms with E-state index in [9.17, 15) is 0 Å². The number of hydrogen-bond donors (Lipinski definition) is 0. The lowest BCUT2D eigenvalue weighted by Crippen LogP contribution is -2.55. The second-order valence-electron chi connectivity index (χ2n) is 41.2. The summed E-state index contributed by atoms with van der Waals surface area (Å²) in [4.78, 5) is 11.9. The number of nitrogens with zero attached hydrogens (tertiary/aromatic N) is 4. The first-order valence-corrected chi connectivity index (χ1v) is 52.4. The highest BCUT2D eigenvalue weighted by atomic mass is 15.2. The molecule has 149 heavy (non-hydrogen) atoms. The van der Waals surface area contributed by atoms with E-state index in [1.807, 2.05) is 18.5 Å². The second-order valence-corrected chi connectivity index (χ2v) is 41.2. The van der Waals surface area contributed by atoms with Gasteiger partial charge in [-0.1, -0.05) is 482 Å². The Morgan fingerprint density at radius 2 is 0.436 bits per heavy atom. The molecule has 0 saturated heterocycles. The number of aryl methyl sites for hydroxylation is 11. The molecule has 0 bridgehead atoms. The zero-order valence-corrected chi connectivity index (χ0v) is 86.1. The normalized spacial score (nSPS) is 11.6. The summed E-state index contributed by atoms with van der Waals surface area (Å²) >= 11 is 0. The Balaban J connectivity index is 0.000000117. The van der Waals surface area contributed by atoms with E-state index in [-0.39, 0.29) is 20.1 Å². The van der Waals surface area contributed by atoms with E-state index in [1.54, 1.807) is 0 Å². The van der Waals surface area contributed by atoms with Crippen molar-refractivity contribution in [2.45, 2.75) is 76.2 Å². The Hall–Kier alpha value is -17.6. The molecule has 0 aliphatic heterocycles. The van der Waals surface area contributed by atoms with Gasteiger partial charge in [0, 0.05) is 55.6 Å². The van der Waals surface area contributed by atoms with Gasteiger partial charge in [0.15, 0.2) is 0 Å². The molecule has 0 saturated carbocycles. The Morgan fingerprint density at radius 1 is 0.174 bits per heavy atom. The number of fused-ring (bicyclic) bond motifs is 9. The molecule has 1 heterocycles. The average Bonchev–Trinajstić information content (AvgIpc) is 0.705. The molecule has 0 spiro atoms. The van der Waals surface area contributed by atoms with Crippen molar-refractivity contribution in [3.05, 3.63) is 535 Å². The van der Waals surface area contributed by atoms with Crippen molar-refractivity contribution in [2.75, 3.05) is 14.7 Å². The molecule has 0 amide bonds. The van der Waals surface area contributed by atoms with Crippen LogP contribution in [0.3, 0.4) is 0 Å². The third kappa shape index (κ3) is 16.1. The van der Waals surface area contributed by atoms with E-state index in [0.717, 1.165) is 28.4 Å². The van der Waals surface area contributed by atoms with Crippen LogP contribution in [0.1, 0.15) is 61.2 Å². The summed E-state index contributed by atoms with van der Waals surface area (Å²) in [6.45, 7) is 25.2. The summed E-state index contributed by atoms with van der Waals surface area (Å²) in [6, 6.07) is 171. The molecule has 7 heteroatoms. The van der Waals surface area contributed by atoms with Crippen molar-refractivity contribution in [1.29, 1.82) is 0 Å². The van der Waals surface area contributed by atoms with E-state index in [0.29, 0.717) is 0 Å². The van der Waals surface area contributed by atoms with Gasteiger partial charge >= 0.3 is 0 Å². The molecule has 27 rings (SSSR count). The minimum absolute atomic E-state index is 0.0775. The number of pyridine rings is 1. The van der Waals surface area contributed by atoms with Gasteiger partial charge in [-0.25, -0.2) is 0 Å². The predicted octanol–water partition coefficient (Wildman–Crippen LogP) is 32.0. The van der Waals surface area contributed by atoms with Gasteiger partial charge in [0.1, 0.15) is 0 Å². The van der Waals surface area contributed by atoms with E-state index in [4.69, 9.17) is 0 Å². The number of anilines is 9. The maximum Gasteiger partial charge on any atom is 0.243 e. The van der Waals surface area contributed by atoms with Crippen LogP contribution in [0.4, 0.5) is 51.2 Å². The number of aromatic nitrogens is 1. The van der Waals surface area contributed by atoms with Crippen molar-refractivity contribution in [3.8, 4) is 0 Å². The van der Waals surface area contributed by atoms with Crippen molar-refractivity contribution >= 4 is 250 Å². The fraction of sp³-hybridized carbons (Fsp3) is 0.0775. The van der Waals surface area contributed by atoms with Crippen LogP contribution in [-0.2, 0) is 0 Å². The van der Waals surface area contributed by atoms with Crippen LogP contribution in [0.5, 0.6) is 0 Å². The van der Waals surface area contributed by atoms with Gasteiger partial charge in [0.25, 0.3) is 0 Å². The first-order chi connectivity index (χ1) is 73.0. The van der Waals surface area contributed by atoms with Crippen LogP contribution in [-0.4, -0.2) is 25.1 Å². The fourth-order valence-corrected chi connectivity index (χ4v) is 25.9. The maximum absolute atomic E-state index is 4.53. The molecular formula is C142H111B3N4. The fourth-order valence-electron chi connectivity index (χ4n) is 25.9. The topological polar surface area (TPSA) is 22.6 Å². The van der Waals surface area contributed by atoms with Gasteiger partial charge < -0.3 is 14.7 Å². The summed E-state index contributed by atoms with van der Waals surface area (Å²) in [5, 5.41) is 31.1. The zero-order valence-electron chi connectivity index (χ0n) is 86.1. The van der Waals surface area contributed by atoms with Crippen LogP contribution in [0, 0.1) is 76.2 Å². The van der Waals surface area contributed by atoms with Crippen molar-refractivity contribution in [2.24, 2.45) is 0 Å². The Morgan fingerprint density at radius 3 is 0.765 bits per heavy atom. The van der Waals surface area contributed by atoms with Crippen molar-refractivity contribution < 1.29 is 0 Å². The lowest BCUT2D eigenvalue weighted by Gasteiger charge is -2.33. The number of para-hydroxylation sites is 3. The first-order valence-electron chi connectivity index (χ1n) is 52.4. The molecule has 0 unspecified atom stereocenters. The number of rotatable bonds is 18. The lowest BCUT2D eigenvalue weighted by molar-refractivity contribution is 1.17. The maximum atomic E-state index is 4.53. The zero-order chi connectivity index (χ0) is 101. The minimum Gasteiger partial charge on any atom is -0.310 e. The van der Waals surface area contributed by atoms with Gasteiger partial charge in [-0.05, 0) is 262 Å². The molecule has 0 aliphatic carbocycles. The van der Waals surface area contributed by atoms with Gasteiger partial charge in [-0.15, -0.1) is 0 Å². The van der Waals surface area contributed by atoms with Gasteiger partial charge in [0.05, 0.1) is 40.3 Å². The summed E-state index contributed by atoms with van der Waals surface area (Å²) in [5.41, 5.74) is 36.8. The second kappa shape index (κ2) is 38.4. The highest BCUT2D eigenvalue weighted by molar-refractivity contribution is 6.99. The Bertz CT molecular complexity index is 9160. The van der Waals surface area contributed by atoms with Crippen molar-refractivity contribution in [1.82, 2.24) is 4.98 Å². The molecule has 0 radical (unpaired) electrons. The predicted molar refractivity (Wildman–Crippen MR) is 650 cm³/mol. The molecule has 1 aromatic heterocycles. The Kier molecular flexibility index (Phi) is 23.8. The summed E-state index contributed by atoms with van der Waals surface area (Å²) in [6.07, 6.45) is 3.79. The molecule has 0 aliphatic rings. The molecule has 27 aromatic rings. The Labute approximate surface area is 873 Å². The van der Waals surface area contributed by atoms with Gasteiger partial charge in [-0.2, -0.15) is 0 Å². The number of benzene rings is 26. The number of hydrogen-bond acceptors (Lipinski definition) is 4. The lowest BCUT2D eigenvalue weighted by atomic mass is 9.34. The molecule has 0 N–H and O–H groups in total. The molecular weight excluding hydrogens is 1790 g/mol. The molecule has 26 aromatic carbocycles. The SMILES string of the molecule is Cc1ccc(B(c2c(C)cc(C)cc2C)c2ccc3c4ccccc4c4c(N(c5c(C)cc(C)cc5C)c5c(C)cc(C)cc5C)ccc5ccc2c3c54)c(C)c1.c1ccc(B(c2ccccc2)c2ccc3c4ccccc4c4c(N(c5ccccc5)c5ccccc5)ccc5ccc2c3c54)cc1.c1ccc(B(c2ccccc2)c2ccc3c4ccccc4c4c(N(c5ccccc5)c5cccnc5)ccc5ccc2c3c54)cc1. The highest BCUT2D eigenvalue weighted by Crippen LogP contribution is 2.54. The van der Waals surface area contributed by atoms with Crippen LogP contribution in [0.2, 0.25) is 0 Å². The van der Waals surface area contributed by atoms with Crippen LogP contribution >= 0.6 is 0 Å². The largest absolute Gasteiger partial charge is 0.310 e. The monoisotopic (exact) mass is 1900 g/mol. The third-order valence-electron chi connectivity index (χ3n) is 31.6. The van der Waals surface area contributed by atoms with E-state index < -0.39 is 0 Å². The summed E-state index contributed by atoms with van der Waals surface area (Å²) in [5.74, 6) is 0.